The van der Waals surface area contributed by atoms with Gasteiger partial charge in [-0.2, -0.15) is 0 Å². The Morgan fingerprint density at radius 3 is 3.00 bits per heavy atom. The van der Waals surface area contributed by atoms with Crippen molar-refractivity contribution in [3.05, 3.63) is 23.8 Å². The number of anilines is 1. The zero-order valence-electron chi connectivity index (χ0n) is 12.3. The Morgan fingerprint density at radius 1 is 1.45 bits per heavy atom. The van der Waals surface area contributed by atoms with Crippen LogP contribution in [0.15, 0.2) is 23.1 Å². The number of hydrogen-bond acceptors (Lipinski definition) is 4. The monoisotopic (exact) mass is 341 g/mol. The zero-order chi connectivity index (χ0) is 14.8. The highest BCUT2D eigenvalue weighted by atomic mass is 35.5. The van der Waals surface area contributed by atoms with E-state index in [0.29, 0.717) is 18.2 Å². The van der Waals surface area contributed by atoms with Crippen LogP contribution >= 0.6 is 24.2 Å². The van der Waals surface area contributed by atoms with Crippen molar-refractivity contribution >= 4 is 41.7 Å². The first-order valence-electron chi connectivity index (χ1n) is 7.26. The number of carbonyl (C=O) groups is 2. The SMILES string of the molecule is CC1Sc2ccc(C(=O)NCC3CCCN3)cc2NC1=O.Cl. The summed E-state index contributed by atoms with van der Waals surface area (Å²) in [5, 5.41) is 9.05. The Bertz CT molecular complexity index is 576. The Labute approximate surface area is 140 Å². The number of thioether (sulfide) groups is 1. The third-order valence-electron chi connectivity index (χ3n) is 3.84. The van der Waals surface area contributed by atoms with Gasteiger partial charge >= 0.3 is 0 Å². The highest BCUT2D eigenvalue weighted by Gasteiger charge is 2.24. The standard InChI is InChI=1S/C15H19N3O2S.ClH/c1-9-14(19)18-12-7-10(4-5-13(12)21-9)15(20)17-8-11-3-2-6-16-11;/h4-5,7,9,11,16H,2-3,6,8H2,1H3,(H,17,20)(H,18,19);1H. The Balaban J connectivity index is 0.00000176. The van der Waals surface area contributed by atoms with Gasteiger partial charge in [-0.1, -0.05) is 0 Å². The fourth-order valence-electron chi connectivity index (χ4n) is 2.60. The van der Waals surface area contributed by atoms with Gasteiger partial charge in [-0.3, -0.25) is 9.59 Å². The molecule has 2 atom stereocenters. The van der Waals surface area contributed by atoms with Crippen LogP contribution in [0.1, 0.15) is 30.1 Å². The highest BCUT2D eigenvalue weighted by molar-refractivity contribution is 8.00. The molecule has 0 spiro atoms. The maximum Gasteiger partial charge on any atom is 0.251 e. The van der Waals surface area contributed by atoms with Crippen LogP contribution in [0.4, 0.5) is 5.69 Å². The molecule has 0 radical (unpaired) electrons. The molecular formula is C15H20ClN3O2S. The topological polar surface area (TPSA) is 70.2 Å². The van der Waals surface area contributed by atoms with E-state index in [1.807, 2.05) is 19.1 Å². The van der Waals surface area contributed by atoms with E-state index in [-0.39, 0.29) is 29.5 Å². The Hall–Kier alpha value is -1.24. The van der Waals surface area contributed by atoms with Gasteiger partial charge in [0, 0.05) is 23.0 Å². The van der Waals surface area contributed by atoms with Crippen molar-refractivity contribution in [2.24, 2.45) is 0 Å². The molecule has 2 aliphatic rings. The molecule has 2 aliphatic heterocycles. The number of amides is 2. The molecule has 2 heterocycles. The molecule has 0 bridgehead atoms. The van der Waals surface area contributed by atoms with Crippen molar-refractivity contribution in [1.82, 2.24) is 10.6 Å². The summed E-state index contributed by atoms with van der Waals surface area (Å²) in [6.45, 7) is 3.55. The summed E-state index contributed by atoms with van der Waals surface area (Å²) >= 11 is 1.52. The zero-order valence-corrected chi connectivity index (χ0v) is 14.0. The van der Waals surface area contributed by atoms with Crippen molar-refractivity contribution in [3.63, 3.8) is 0 Å². The lowest BCUT2D eigenvalue weighted by molar-refractivity contribution is -0.115. The second kappa shape index (κ2) is 7.35. The quantitative estimate of drug-likeness (QED) is 0.786. The molecule has 1 saturated heterocycles. The summed E-state index contributed by atoms with van der Waals surface area (Å²) in [5.41, 5.74) is 1.32. The highest BCUT2D eigenvalue weighted by Crippen LogP contribution is 2.35. The average molecular weight is 342 g/mol. The van der Waals surface area contributed by atoms with Gasteiger partial charge in [0.25, 0.3) is 5.91 Å². The lowest BCUT2D eigenvalue weighted by atomic mass is 10.1. The van der Waals surface area contributed by atoms with Crippen molar-refractivity contribution in [2.45, 2.75) is 36.0 Å². The number of benzene rings is 1. The van der Waals surface area contributed by atoms with Crippen LogP contribution in [0, 0.1) is 0 Å². The summed E-state index contributed by atoms with van der Waals surface area (Å²) in [6.07, 6.45) is 2.27. The van der Waals surface area contributed by atoms with Crippen molar-refractivity contribution < 1.29 is 9.59 Å². The second-order valence-corrected chi connectivity index (χ2v) is 6.85. The second-order valence-electron chi connectivity index (χ2n) is 5.46. The number of nitrogens with one attached hydrogen (secondary N) is 3. The first-order valence-corrected chi connectivity index (χ1v) is 8.14. The number of rotatable bonds is 3. The smallest absolute Gasteiger partial charge is 0.251 e. The molecule has 1 aromatic carbocycles. The summed E-state index contributed by atoms with van der Waals surface area (Å²) < 4.78 is 0. The van der Waals surface area contributed by atoms with Gasteiger partial charge in [0.15, 0.2) is 0 Å². The van der Waals surface area contributed by atoms with Gasteiger partial charge in [-0.05, 0) is 44.5 Å². The summed E-state index contributed by atoms with van der Waals surface area (Å²) in [4.78, 5) is 24.9. The maximum atomic E-state index is 12.2. The third kappa shape index (κ3) is 3.74. The van der Waals surface area contributed by atoms with Crippen LogP contribution in [-0.2, 0) is 4.79 Å². The van der Waals surface area contributed by atoms with Crippen LogP contribution in [0.5, 0.6) is 0 Å². The maximum absolute atomic E-state index is 12.2. The van der Waals surface area contributed by atoms with Gasteiger partial charge < -0.3 is 16.0 Å². The number of halogens is 1. The minimum atomic E-state index is -0.0932. The molecule has 3 N–H and O–H groups in total. The van der Waals surface area contributed by atoms with Gasteiger partial charge in [-0.15, -0.1) is 24.2 Å². The first kappa shape index (κ1) is 17.1. The largest absolute Gasteiger partial charge is 0.350 e. The van der Waals surface area contributed by atoms with Crippen molar-refractivity contribution in [2.75, 3.05) is 18.4 Å². The van der Waals surface area contributed by atoms with Gasteiger partial charge in [-0.25, -0.2) is 0 Å². The van der Waals surface area contributed by atoms with E-state index < -0.39 is 0 Å². The molecule has 7 heteroatoms. The van der Waals surface area contributed by atoms with E-state index in [1.165, 1.54) is 18.2 Å². The molecule has 22 heavy (non-hydrogen) atoms. The average Bonchev–Trinajstić information content (AvgIpc) is 2.99. The minimum absolute atomic E-state index is 0. The molecule has 120 valence electrons. The molecule has 1 aromatic rings. The number of fused-ring (bicyclic) bond motifs is 1. The number of carbonyl (C=O) groups excluding carboxylic acids is 2. The summed E-state index contributed by atoms with van der Waals surface area (Å²) in [6, 6.07) is 5.85. The molecule has 2 amide bonds. The van der Waals surface area contributed by atoms with Gasteiger partial charge in [0.05, 0.1) is 10.9 Å². The van der Waals surface area contributed by atoms with Gasteiger partial charge in [0.2, 0.25) is 5.91 Å². The molecule has 3 rings (SSSR count). The fraction of sp³-hybridized carbons (Fsp3) is 0.467. The Kier molecular flexibility index (Phi) is 5.72. The third-order valence-corrected chi connectivity index (χ3v) is 5.02. The molecule has 2 unspecified atom stereocenters. The lowest BCUT2D eigenvalue weighted by Gasteiger charge is -2.21. The fourth-order valence-corrected chi connectivity index (χ4v) is 3.53. The van der Waals surface area contributed by atoms with Crippen LogP contribution < -0.4 is 16.0 Å². The van der Waals surface area contributed by atoms with Crippen LogP contribution in [0.25, 0.3) is 0 Å². The molecular weight excluding hydrogens is 322 g/mol. The first-order chi connectivity index (χ1) is 10.1. The minimum Gasteiger partial charge on any atom is -0.350 e. The van der Waals surface area contributed by atoms with Gasteiger partial charge in [0.1, 0.15) is 0 Å². The van der Waals surface area contributed by atoms with Crippen LogP contribution in [0.2, 0.25) is 0 Å². The van der Waals surface area contributed by atoms with E-state index in [9.17, 15) is 9.59 Å². The van der Waals surface area contributed by atoms with Crippen LogP contribution in [-0.4, -0.2) is 36.2 Å². The summed E-state index contributed by atoms with van der Waals surface area (Å²) in [7, 11) is 0. The Morgan fingerprint density at radius 2 is 2.27 bits per heavy atom. The van der Waals surface area contributed by atoms with E-state index in [0.717, 1.165) is 23.5 Å². The van der Waals surface area contributed by atoms with Crippen molar-refractivity contribution in [1.29, 1.82) is 0 Å². The molecule has 0 aromatic heterocycles. The predicted octanol–water partition coefficient (Wildman–Crippen LogP) is 2.02. The molecule has 0 saturated carbocycles. The molecule has 0 aliphatic carbocycles. The van der Waals surface area contributed by atoms with E-state index in [2.05, 4.69) is 16.0 Å². The number of hydrogen-bond donors (Lipinski definition) is 3. The van der Waals surface area contributed by atoms with Crippen molar-refractivity contribution in [3.8, 4) is 0 Å². The normalized spacial score (nSPS) is 23.2. The molecule has 5 nitrogen and oxygen atoms in total. The predicted molar refractivity (Wildman–Crippen MR) is 91.0 cm³/mol. The van der Waals surface area contributed by atoms with E-state index in [1.54, 1.807) is 6.07 Å². The summed E-state index contributed by atoms with van der Waals surface area (Å²) in [5.74, 6) is -0.107. The molecule has 1 fully saturated rings. The van der Waals surface area contributed by atoms with E-state index >= 15 is 0 Å². The van der Waals surface area contributed by atoms with Crippen LogP contribution in [0.3, 0.4) is 0 Å². The van der Waals surface area contributed by atoms with E-state index in [4.69, 9.17) is 0 Å². The lowest BCUT2D eigenvalue weighted by Crippen LogP contribution is -2.37.